The van der Waals surface area contributed by atoms with E-state index in [9.17, 15) is 9.36 Å². The van der Waals surface area contributed by atoms with Gasteiger partial charge in [-0.1, -0.05) is 0 Å². The van der Waals surface area contributed by atoms with Crippen molar-refractivity contribution in [2.45, 2.75) is 13.3 Å². The zero-order valence-corrected chi connectivity index (χ0v) is 8.64. The number of Topliss-reactive ketones (excluding diaryl/α,β-unsaturated/α-hetero) is 1. The third-order valence-electron chi connectivity index (χ3n) is 0.615. The molecule has 9 heavy (non-hydrogen) atoms. The van der Waals surface area contributed by atoms with Crippen molar-refractivity contribution in [2.75, 3.05) is 6.61 Å². The molecule has 0 saturated heterocycles. The first-order valence-electron chi connectivity index (χ1n) is 2.25. The Kier molecular flexibility index (Phi) is 12.0. The number of carbonyl (C=O) groups excluding carboxylic acids is 1. The molecular formula is C4H8NaO3P+. The summed E-state index contributed by atoms with van der Waals surface area (Å²) < 4.78 is 14.0. The number of carbonyl (C=O) groups is 1. The molecule has 47 valence electrons. The molecule has 1 unspecified atom stereocenters. The van der Waals surface area contributed by atoms with Gasteiger partial charge in [0, 0.05) is 36.0 Å². The summed E-state index contributed by atoms with van der Waals surface area (Å²) in [6.07, 6.45) is 0.356. The van der Waals surface area contributed by atoms with E-state index in [0.717, 1.165) is 0 Å². The summed E-state index contributed by atoms with van der Waals surface area (Å²) in [5.41, 5.74) is 0. The Morgan fingerprint density at radius 2 is 2.22 bits per heavy atom. The van der Waals surface area contributed by atoms with Crippen LogP contribution in [0, 0.1) is 0 Å². The Labute approximate surface area is 77.7 Å². The van der Waals surface area contributed by atoms with Crippen LogP contribution in [0.5, 0.6) is 0 Å². The molecule has 0 rings (SSSR count). The van der Waals surface area contributed by atoms with Crippen molar-refractivity contribution >= 4 is 44.0 Å². The first-order valence-corrected chi connectivity index (χ1v) is 3.07. The van der Waals surface area contributed by atoms with Gasteiger partial charge in [0.15, 0.2) is 0 Å². The predicted molar refractivity (Wildman–Crippen MR) is 36.0 cm³/mol. The first-order chi connectivity index (χ1) is 3.77. The van der Waals surface area contributed by atoms with E-state index in [1.807, 2.05) is 0 Å². The van der Waals surface area contributed by atoms with Crippen molar-refractivity contribution in [2.24, 2.45) is 0 Å². The first kappa shape index (κ1) is 12.4. The monoisotopic (exact) mass is 158 g/mol. The molecule has 0 aliphatic carbocycles. The zero-order valence-electron chi connectivity index (χ0n) is 5.64. The van der Waals surface area contributed by atoms with Gasteiger partial charge in [0.25, 0.3) is 0 Å². The van der Waals surface area contributed by atoms with Gasteiger partial charge >= 0.3 is 8.69 Å². The number of hydrogen-bond acceptors (Lipinski definition) is 3. The van der Waals surface area contributed by atoms with Gasteiger partial charge in [-0.05, 0) is 11.5 Å². The van der Waals surface area contributed by atoms with Gasteiger partial charge in [-0.15, -0.1) is 4.52 Å². The molecule has 0 bridgehead atoms. The molecule has 0 aliphatic rings. The minimum atomic E-state index is -0.745. The minimum absolute atomic E-state index is 0. The van der Waals surface area contributed by atoms with E-state index in [-0.39, 0.29) is 41.9 Å². The molecule has 5 heteroatoms. The van der Waals surface area contributed by atoms with Gasteiger partial charge in [-0.3, -0.25) is 4.79 Å². The molecule has 0 heterocycles. The summed E-state index contributed by atoms with van der Waals surface area (Å²) in [4.78, 5) is 10.1. The van der Waals surface area contributed by atoms with Crippen LogP contribution in [-0.2, 0) is 13.9 Å². The van der Waals surface area contributed by atoms with Crippen LogP contribution in [0.25, 0.3) is 0 Å². The molecule has 0 aromatic heterocycles. The Balaban J connectivity index is 0. The zero-order chi connectivity index (χ0) is 6.41. The van der Waals surface area contributed by atoms with E-state index in [1.165, 1.54) is 6.92 Å². The maximum absolute atomic E-state index is 10.1. The van der Waals surface area contributed by atoms with Crippen molar-refractivity contribution in [3.05, 3.63) is 0 Å². The molecule has 0 spiro atoms. The predicted octanol–water partition coefficient (Wildman–Crippen LogP) is 0.540. The maximum Gasteiger partial charge on any atom is 0.494 e. The quantitative estimate of drug-likeness (QED) is 0.340. The molecular weight excluding hydrogens is 150 g/mol. The van der Waals surface area contributed by atoms with Gasteiger partial charge in [0.2, 0.25) is 0 Å². The third kappa shape index (κ3) is 12.0. The van der Waals surface area contributed by atoms with Crippen LogP contribution in [0.4, 0.5) is 0 Å². The fourth-order valence-electron chi connectivity index (χ4n) is 0.236. The largest absolute Gasteiger partial charge is 0.494 e. The topological polar surface area (TPSA) is 43.4 Å². The molecule has 0 aromatic carbocycles. The molecule has 0 aromatic rings. The van der Waals surface area contributed by atoms with Gasteiger partial charge < -0.3 is 0 Å². The molecule has 0 aliphatic heterocycles. The number of hydrogen-bond donors (Lipinski definition) is 0. The summed E-state index contributed by atoms with van der Waals surface area (Å²) in [5, 5.41) is 0. The molecule has 1 atom stereocenters. The van der Waals surface area contributed by atoms with Gasteiger partial charge in [-0.25, -0.2) is 0 Å². The Morgan fingerprint density at radius 1 is 1.67 bits per heavy atom. The van der Waals surface area contributed by atoms with Gasteiger partial charge in [0.1, 0.15) is 12.4 Å². The van der Waals surface area contributed by atoms with E-state index in [1.54, 1.807) is 0 Å². The fraction of sp³-hybridized carbons (Fsp3) is 0.750. The van der Waals surface area contributed by atoms with E-state index < -0.39 is 8.69 Å². The van der Waals surface area contributed by atoms with Crippen LogP contribution in [0.3, 0.4) is 0 Å². The Hall–Kier alpha value is 0.730. The van der Waals surface area contributed by atoms with E-state index in [4.69, 9.17) is 0 Å². The SMILES string of the molecule is CC(=O)CCO[PH+]=O.[Na]. The minimum Gasteiger partial charge on any atom is -0.300 e. The van der Waals surface area contributed by atoms with Crippen molar-refractivity contribution in [1.29, 1.82) is 0 Å². The second-order valence-corrected chi connectivity index (χ2v) is 1.84. The van der Waals surface area contributed by atoms with E-state index in [2.05, 4.69) is 4.52 Å². The second-order valence-electron chi connectivity index (χ2n) is 1.38. The average molecular weight is 158 g/mol. The van der Waals surface area contributed by atoms with E-state index in [0.29, 0.717) is 6.42 Å². The van der Waals surface area contributed by atoms with Crippen molar-refractivity contribution in [1.82, 2.24) is 0 Å². The summed E-state index contributed by atoms with van der Waals surface area (Å²) in [6.45, 7) is 1.74. The van der Waals surface area contributed by atoms with E-state index >= 15 is 0 Å². The fourth-order valence-corrected chi connectivity index (χ4v) is 0.422. The van der Waals surface area contributed by atoms with Crippen LogP contribution in [0.1, 0.15) is 13.3 Å². The maximum atomic E-state index is 10.1. The number of rotatable bonds is 4. The van der Waals surface area contributed by atoms with Crippen molar-refractivity contribution in [3.8, 4) is 0 Å². The standard InChI is InChI=1S/C4H8O3P.Na/c1-4(5)2-3-7-8-6;/h8H,2-3H2,1H3;/q+1;. The van der Waals surface area contributed by atoms with Crippen molar-refractivity contribution in [3.63, 3.8) is 0 Å². The van der Waals surface area contributed by atoms with Crippen LogP contribution in [-0.4, -0.2) is 41.9 Å². The normalized spacial score (nSPS) is 8.56. The number of ketones is 1. The average Bonchev–Trinajstić information content (AvgIpc) is 1.66. The van der Waals surface area contributed by atoms with Gasteiger partial charge in [-0.2, -0.15) is 0 Å². The summed E-state index contributed by atoms with van der Waals surface area (Å²) in [5.74, 6) is 0.0586. The molecule has 1 radical (unpaired) electrons. The van der Waals surface area contributed by atoms with Crippen LogP contribution in [0.15, 0.2) is 0 Å². The second kappa shape index (κ2) is 8.73. The van der Waals surface area contributed by atoms with Crippen LogP contribution >= 0.6 is 8.69 Å². The molecule has 0 saturated carbocycles. The smallest absolute Gasteiger partial charge is 0.300 e. The van der Waals surface area contributed by atoms with Gasteiger partial charge in [0.05, 0.1) is 0 Å². The summed E-state index contributed by atoms with van der Waals surface area (Å²) in [6, 6.07) is 0. The summed E-state index contributed by atoms with van der Waals surface area (Å²) >= 11 is 0. The molecule has 3 nitrogen and oxygen atoms in total. The third-order valence-corrected chi connectivity index (χ3v) is 0.937. The van der Waals surface area contributed by atoms with Crippen LogP contribution in [0.2, 0.25) is 0 Å². The van der Waals surface area contributed by atoms with Crippen molar-refractivity contribution < 1.29 is 13.9 Å². The Morgan fingerprint density at radius 3 is 2.56 bits per heavy atom. The molecule has 0 N–H and O–H groups in total. The summed E-state index contributed by atoms with van der Waals surface area (Å²) in [7, 11) is -0.745. The van der Waals surface area contributed by atoms with Crippen LogP contribution < -0.4 is 0 Å². The Bertz CT molecular complexity index is 95.8. The molecule has 0 amide bonds. The molecule has 0 fully saturated rings.